The summed E-state index contributed by atoms with van der Waals surface area (Å²) in [5.74, 6) is 0. The maximum absolute atomic E-state index is 2.55. The lowest BCUT2D eigenvalue weighted by Gasteiger charge is -2.22. The first-order valence-electron chi connectivity index (χ1n) is 18.8. The minimum Gasteiger partial charge on any atom is -0.308 e. The van der Waals surface area contributed by atoms with Crippen molar-refractivity contribution in [3.63, 3.8) is 0 Å². The van der Waals surface area contributed by atoms with E-state index in [9.17, 15) is 0 Å². The highest BCUT2D eigenvalue weighted by atomic mass is 32.2. The topological polar surface area (TPSA) is 9.86 Å². The highest BCUT2D eigenvalue weighted by Crippen LogP contribution is 2.55. The molecule has 13 rings (SSSR count). The van der Waals surface area contributed by atoms with Crippen LogP contribution < -0.4 is 0 Å². The summed E-state index contributed by atoms with van der Waals surface area (Å²) in [6, 6.07) is 63.1. The van der Waals surface area contributed by atoms with Crippen molar-refractivity contribution in [1.82, 2.24) is 9.13 Å². The van der Waals surface area contributed by atoms with Gasteiger partial charge in [-0.25, -0.2) is 0 Å². The summed E-state index contributed by atoms with van der Waals surface area (Å²) in [6.45, 7) is 0. The third-order valence-corrected chi connectivity index (χ3v) is 16.6. The molecule has 2 aliphatic rings. The Morgan fingerprint density at radius 1 is 0.250 bits per heavy atom. The van der Waals surface area contributed by atoms with Crippen LogP contribution in [0, 0.1) is 0 Å². The zero-order chi connectivity index (χ0) is 36.5. The van der Waals surface area contributed by atoms with E-state index in [-0.39, 0.29) is 0 Å². The lowest BCUT2D eigenvalue weighted by Crippen LogP contribution is -2.03. The molecule has 0 amide bonds. The van der Waals surface area contributed by atoms with Crippen LogP contribution in [0.4, 0.5) is 0 Å². The molecule has 11 aromatic rings. The van der Waals surface area contributed by atoms with Crippen molar-refractivity contribution in [3.05, 3.63) is 170 Å². The van der Waals surface area contributed by atoms with Crippen molar-refractivity contribution in [2.45, 2.75) is 39.2 Å². The summed E-state index contributed by atoms with van der Waals surface area (Å²) in [7, 11) is 0. The molecule has 0 fully saturated rings. The molecule has 4 heterocycles. The van der Waals surface area contributed by atoms with Gasteiger partial charge in [0.15, 0.2) is 0 Å². The fraction of sp³-hybridized carbons (Fsp3) is 0. The van der Waals surface area contributed by atoms with Gasteiger partial charge in [-0.05, 0) is 60.7 Å². The van der Waals surface area contributed by atoms with Gasteiger partial charge in [-0.2, -0.15) is 0 Å². The average Bonchev–Trinajstić information content (AvgIpc) is 3.77. The maximum Gasteiger partial charge on any atom is 0.0620 e. The molecule has 0 spiro atoms. The lowest BCUT2D eigenvalue weighted by atomic mass is 9.97. The quantitative estimate of drug-likeness (QED) is 0.161. The Morgan fingerprint density at radius 3 is 0.964 bits per heavy atom. The van der Waals surface area contributed by atoms with Crippen molar-refractivity contribution < 1.29 is 0 Å². The van der Waals surface area contributed by atoms with Crippen LogP contribution in [0.2, 0.25) is 0 Å². The molecule has 0 bridgehead atoms. The Bertz CT molecular complexity index is 3210. The number of rotatable bonds is 2. The minimum atomic E-state index is 1.22. The Hall–Kier alpha value is -5.50. The zero-order valence-electron chi connectivity index (χ0n) is 29.7. The molecule has 2 aromatic heterocycles. The summed E-state index contributed by atoms with van der Waals surface area (Å²) in [6.07, 6.45) is 0. The number of aromatic nitrogens is 2. The van der Waals surface area contributed by atoms with E-state index in [0.717, 1.165) is 0 Å². The highest BCUT2D eigenvalue weighted by molar-refractivity contribution is 8.05. The molecule has 0 unspecified atom stereocenters. The van der Waals surface area contributed by atoms with Crippen LogP contribution in [0.15, 0.2) is 209 Å². The summed E-state index contributed by atoms with van der Waals surface area (Å²) in [5, 5.41) is 10.2. The molecule has 0 saturated heterocycles. The van der Waals surface area contributed by atoms with E-state index < -0.39 is 0 Å². The van der Waals surface area contributed by atoms with E-state index in [2.05, 4.69) is 179 Å². The van der Waals surface area contributed by atoms with Crippen molar-refractivity contribution in [2.75, 3.05) is 0 Å². The van der Waals surface area contributed by atoms with E-state index >= 15 is 0 Å². The Kier molecular flexibility index (Phi) is 6.79. The lowest BCUT2D eigenvalue weighted by molar-refractivity contribution is 1.16. The fourth-order valence-electron chi connectivity index (χ4n) is 9.12. The SMILES string of the molecule is c1ccc2c(c1)Sc1ccc3c(c1S2)c1ccccc1n3-c1c2ccccc2c(-n2c3ccccc3c3c4c(ccc32)Sc2ccccc2S4)c2ccccc12. The van der Waals surface area contributed by atoms with Gasteiger partial charge in [0.05, 0.1) is 33.4 Å². The van der Waals surface area contributed by atoms with Crippen LogP contribution in [0.3, 0.4) is 0 Å². The van der Waals surface area contributed by atoms with Crippen LogP contribution in [0.5, 0.6) is 0 Å². The number of hydrogen-bond acceptors (Lipinski definition) is 4. The number of hydrogen-bond donors (Lipinski definition) is 0. The van der Waals surface area contributed by atoms with Gasteiger partial charge in [-0.3, -0.25) is 0 Å². The molecule has 0 N–H and O–H groups in total. The second kappa shape index (κ2) is 12.0. The van der Waals surface area contributed by atoms with Gasteiger partial charge in [-0.15, -0.1) is 0 Å². The first-order chi connectivity index (χ1) is 27.8. The van der Waals surface area contributed by atoms with Crippen molar-refractivity contribution in [2.24, 2.45) is 0 Å². The van der Waals surface area contributed by atoms with E-state index in [1.54, 1.807) is 0 Å². The number of fused-ring (bicyclic) bond motifs is 14. The first kappa shape index (κ1) is 31.7. The molecule has 262 valence electrons. The molecule has 6 heteroatoms. The maximum atomic E-state index is 2.55. The van der Waals surface area contributed by atoms with Gasteiger partial charge < -0.3 is 9.13 Å². The summed E-state index contributed by atoms with van der Waals surface area (Å²) < 4.78 is 5.11. The van der Waals surface area contributed by atoms with Gasteiger partial charge in [0, 0.05) is 82.3 Å². The van der Waals surface area contributed by atoms with Gasteiger partial charge >= 0.3 is 0 Å². The smallest absolute Gasteiger partial charge is 0.0620 e. The van der Waals surface area contributed by atoms with Gasteiger partial charge in [0.25, 0.3) is 0 Å². The molecular formula is C50H28N2S4. The third kappa shape index (κ3) is 4.36. The van der Waals surface area contributed by atoms with E-state index in [0.29, 0.717) is 0 Å². The Morgan fingerprint density at radius 2 is 0.571 bits per heavy atom. The molecule has 0 radical (unpaired) electrons. The summed E-state index contributed by atoms with van der Waals surface area (Å²) in [5.41, 5.74) is 7.37. The second-order valence-electron chi connectivity index (χ2n) is 14.4. The van der Waals surface area contributed by atoms with E-state index in [1.165, 1.54) is 116 Å². The number of nitrogens with zero attached hydrogens (tertiary/aromatic N) is 2. The third-order valence-electron chi connectivity index (χ3n) is 11.4. The number of para-hydroxylation sites is 2. The molecule has 0 atom stereocenters. The monoisotopic (exact) mass is 784 g/mol. The molecule has 56 heavy (non-hydrogen) atoms. The average molecular weight is 785 g/mol. The van der Waals surface area contributed by atoms with E-state index in [4.69, 9.17) is 0 Å². The van der Waals surface area contributed by atoms with Gasteiger partial charge in [-0.1, -0.05) is 156 Å². The molecule has 0 aliphatic carbocycles. The van der Waals surface area contributed by atoms with E-state index in [1.807, 2.05) is 47.0 Å². The molecule has 2 aliphatic heterocycles. The van der Waals surface area contributed by atoms with Crippen LogP contribution in [0.1, 0.15) is 0 Å². The predicted octanol–water partition coefficient (Wildman–Crippen LogP) is 15.4. The van der Waals surface area contributed by atoms with Crippen LogP contribution in [-0.2, 0) is 0 Å². The van der Waals surface area contributed by atoms with Crippen LogP contribution in [-0.4, -0.2) is 9.13 Å². The molecule has 9 aromatic carbocycles. The molecular weight excluding hydrogens is 757 g/mol. The van der Waals surface area contributed by atoms with Crippen molar-refractivity contribution in [3.8, 4) is 11.4 Å². The van der Waals surface area contributed by atoms with Crippen molar-refractivity contribution >= 4 is 112 Å². The molecule has 0 saturated carbocycles. The second-order valence-corrected chi connectivity index (χ2v) is 18.6. The summed E-state index contributed by atoms with van der Waals surface area (Å²) >= 11 is 7.60. The first-order valence-corrected chi connectivity index (χ1v) is 22.0. The predicted molar refractivity (Wildman–Crippen MR) is 240 cm³/mol. The highest BCUT2D eigenvalue weighted by Gasteiger charge is 2.28. The zero-order valence-corrected chi connectivity index (χ0v) is 33.0. The fourth-order valence-corrected chi connectivity index (χ4v) is 13.9. The van der Waals surface area contributed by atoms with Gasteiger partial charge in [0.1, 0.15) is 0 Å². The minimum absolute atomic E-state index is 1.22. The molecule has 2 nitrogen and oxygen atoms in total. The van der Waals surface area contributed by atoms with Crippen LogP contribution >= 0.6 is 47.0 Å². The Balaban J connectivity index is 1.14. The summed E-state index contributed by atoms with van der Waals surface area (Å²) in [4.78, 5) is 10.6. The standard InChI is InChI=1S/C50H28N2S4/c1-2-14-30-29(13-1)47(51-35-19-7-5-17-33(35)45-37(51)25-27-43-49(45)55-41-23-11-9-21-39(41)53-43)31-15-3-4-16-32(31)48(30)52-36-20-8-6-18-34(36)46-38(52)26-28-44-50(46)56-42-24-12-10-22-40(42)54-44/h1-28H. The van der Waals surface area contributed by atoms with Crippen molar-refractivity contribution in [1.29, 1.82) is 0 Å². The number of benzene rings is 9. The largest absolute Gasteiger partial charge is 0.308 e. The van der Waals surface area contributed by atoms with Gasteiger partial charge in [0.2, 0.25) is 0 Å². The Labute approximate surface area is 339 Å². The normalized spacial score (nSPS) is 13.4. The van der Waals surface area contributed by atoms with Crippen LogP contribution in [0.25, 0.3) is 76.5 Å².